The van der Waals surface area contributed by atoms with Crippen LogP contribution in [0.2, 0.25) is 0 Å². The van der Waals surface area contributed by atoms with Gasteiger partial charge in [-0.05, 0) is 23.8 Å². The van der Waals surface area contributed by atoms with E-state index in [1.807, 2.05) is 6.07 Å². The highest BCUT2D eigenvalue weighted by Crippen LogP contribution is 2.27. The van der Waals surface area contributed by atoms with Crippen LogP contribution in [-0.2, 0) is 4.79 Å². The quantitative estimate of drug-likeness (QED) is 0.792. The Morgan fingerprint density at radius 1 is 1.33 bits per heavy atom. The summed E-state index contributed by atoms with van der Waals surface area (Å²) in [6.45, 7) is 0.377. The van der Waals surface area contributed by atoms with E-state index in [0.29, 0.717) is 29.6 Å². The van der Waals surface area contributed by atoms with Gasteiger partial charge in [0.15, 0.2) is 11.5 Å². The molecule has 1 aliphatic rings. The van der Waals surface area contributed by atoms with Crippen LogP contribution in [0.1, 0.15) is 5.56 Å². The van der Waals surface area contributed by atoms with Gasteiger partial charge < -0.3 is 20.5 Å². The molecular formula is C15H17N3O3. The van der Waals surface area contributed by atoms with Crippen molar-refractivity contribution < 1.29 is 14.3 Å². The van der Waals surface area contributed by atoms with Gasteiger partial charge in [-0.3, -0.25) is 4.79 Å². The Morgan fingerprint density at radius 2 is 2.10 bits per heavy atom. The number of nitrogens with zero attached hydrogens (tertiary/aromatic N) is 1. The zero-order valence-electron chi connectivity index (χ0n) is 11.9. The number of rotatable bonds is 5. The van der Waals surface area contributed by atoms with Crippen molar-refractivity contribution in [2.45, 2.75) is 0 Å². The maximum absolute atomic E-state index is 12.0. The van der Waals surface area contributed by atoms with Gasteiger partial charge >= 0.3 is 0 Å². The average Bonchev–Trinajstić information content (AvgIpc) is 2.52. The largest absolute Gasteiger partial charge is 0.493 e. The molecule has 0 radical (unpaired) electrons. The second kappa shape index (κ2) is 6.60. The molecule has 0 spiro atoms. The Morgan fingerprint density at radius 3 is 2.71 bits per heavy atom. The van der Waals surface area contributed by atoms with Gasteiger partial charge in [-0.2, -0.15) is 0 Å². The normalized spacial score (nSPS) is 14.2. The van der Waals surface area contributed by atoms with Crippen LogP contribution in [0.4, 0.5) is 0 Å². The monoisotopic (exact) mass is 287 g/mol. The zero-order valence-corrected chi connectivity index (χ0v) is 11.9. The minimum atomic E-state index is -0.166. The summed E-state index contributed by atoms with van der Waals surface area (Å²) in [5.41, 5.74) is 6.76. The lowest BCUT2D eigenvalue weighted by Gasteiger charge is -2.11. The van der Waals surface area contributed by atoms with Crippen molar-refractivity contribution in [2.24, 2.45) is 10.7 Å². The zero-order chi connectivity index (χ0) is 15.2. The summed E-state index contributed by atoms with van der Waals surface area (Å²) in [5, 5.41) is 2.91. The summed E-state index contributed by atoms with van der Waals surface area (Å²) in [6.07, 6.45) is 4.60. The minimum absolute atomic E-state index is 0.166. The molecule has 1 heterocycles. The van der Waals surface area contributed by atoms with E-state index in [9.17, 15) is 4.79 Å². The van der Waals surface area contributed by atoms with Gasteiger partial charge in [0.25, 0.3) is 0 Å². The van der Waals surface area contributed by atoms with Crippen LogP contribution < -0.4 is 20.5 Å². The summed E-state index contributed by atoms with van der Waals surface area (Å²) in [5.74, 6) is 1.54. The van der Waals surface area contributed by atoms with Crippen molar-refractivity contribution in [3.8, 4) is 11.5 Å². The third-order valence-electron chi connectivity index (χ3n) is 2.92. The van der Waals surface area contributed by atoms with Crippen LogP contribution >= 0.6 is 0 Å². The van der Waals surface area contributed by atoms with Crippen LogP contribution in [0.5, 0.6) is 11.5 Å². The number of ether oxygens (including phenoxy) is 2. The van der Waals surface area contributed by atoms with Gasteiger partial charge in [0.05, 0.1) is 27.0 Å². The average molecular weight is 287 g/mol. The molecule has 0 atom stereocenters. The number of carbonyl (C=O) groups is 1. The molecule has 3 N–H and O–H groups in total. The van der Waals surface area contributed by atoms with Crippen molar-refractivity contribution in [1.29, 1.82) is 0 Å². The van der Waals surface area contributed by atoms with E-state index in [0.717, 1.165) is 5.56 Å². The standard InChI is InChI=1S/C15H17N3O3/c1-20-13-6-4-10(7-14(13)21-2)3-5-12(19)11-8-18-15(16)9-17-11/h3-8,17H,9H2,1-2H3,(H2,16,18)/b5-3+. The van der Waals surface area contributed by atoms with Crippen LogP contribution in [-0.4, -0.2) is 32.4 Å². The van der Waals surface area contributed by atoms with Crippen molar-refractivity contribution in [1.82, 2.24) is 5.32 Å². The van der Waals surface area contributed by atoms with Gasteiger partial charge in [0.1, 0.15) is 11.5 Å². The van der Waals surface area contributed by atoms with Crippen LogP contribution in [0.25, 0.3) is 6.08 Å². The predicted octanol–water partition coefficient (Wildman–Crippen LogP) is 1.09. The number of carbonyl (C=O) groups excluding carboxylic acids is 1. The molecule has 0 amide bonds. The van der Waals surface area contributed by atoms with Crippen LogP contribution in [0, 0.1) is 0 Å². The summed E-state index contributed by atoms with van der Waals surface area (Å²) >= 11 is 0. The molecule has 21 heavy (non-hydrogen) atoms. The lowest BCUT2D eigenvalue weighted by Crippen LogP contribution is -2.33. The minimum Gasteiger partial charge on any atom is -0.493 e. The van der Waals surface area contributed by atoms with Gasteiger partial charge in [-0.1, -0.05) is 12.1 Å². The lowest BCUT2D eigenvalue weighted by atomic mass is 10.1. The highest BCUT2D eigenvalue weighted by molar-refractivity contribution is 6.06. The van der Waals surface area contributed by atoms with E-state index in [1.54, 1.807) is 32.4 Å². The second-order valence-electron chi connectivity index (χ2n) is 4.33. The van der Waals surface area contributed by atoms with Crippen molar-refractivity contribution in [2.75, 3.05) is 20.8 Å². The molecule has 110 valence electrons. The first-order chi connectivity index (χ1) is 10.1. The molecule has 6 nitrogen and oxygen atoms in total. The fourth-order valence-electron chi connectivity index (χ4n) is 1.79. The second-order valence-corrected chi connectivity index (χ2v) is 4.33. The Bertz CT molecular complexity index is 633. The third kappa shape index (κ3) is 3.62. The van der Waals surface area contributed by atoms with E-state index in [2.05, 4.69) is 10.3 Å². The van der Waals surface area contributed by atoms with Gasteiger partial charge in [-0.15, -0.1) is 0 Å². The summed E-state index contributed by atoms with van der Waals surface area (Å²) < 4.78 is 10.4. The Hall–Kier alpha value is -2.76. The number of methoxy groups -OCH3 is 2. The fraction of sp³-hybridized carbons (Fsp3) is 0.200. The first-order valence-electron chi connectivity index (χ1n) is 6.34. The van der Waals surface area contributed by atoms with Crippen molar-refractivity contribution in [3.63, 3.8) is 0 Å². The number of nitrogens with two attached hydrogens (primary N) is 1. The molecule has 0 aromatic heterocycles. The number of ketones is 1. The molecule has 1 aromatic rings. The van der Waals surface area contributed by atoms with Crippen molar-refractivity contribution >= 4 is 17.7 Å². The Balaban J connectivity index is 2.12. The third-order valence-corrected chi connectivity index (χ3v) is 2.92. The number of aliphatic imine (C=N–C) groups is 1. The highest BCUT2D eigenvalue weighted by Gasteiger charge is 2.10. The smallest absolute Gasteiger partial charge is 0.203 e. The first-order valence-corrected chi connectivity index (χ1v) is 6.34. The number of amidine groups is 1. The van der Waals surface area contributed by atoms with Crippen molar-refractivity contribution in [3.05, 3.63) is 41.7 Å². The number of nitrogens with one attached hydrogen (secondary N) is 1. The number of hydrogen-bond acceptors (Lipinski definition) is 6. The van der Waals surface area contributed by atoms with Crippen LogP contribution in [0.15, 0.2) is 41.2 Å². The van der Waals surface area contributed by atoms with Crippen LogP contribution in [0.3, 0.4) is 0 Å². The number of allylic oxidation sites excluding steroid dienone is 1. The summed E-state index contributed by atoms with van der Waals surface area (Å²) in [4.78, 5) is 15.9. The van der Waals surface area contributed by atoms with E-state index in [-0.39, 0.29) is 5.78 Å². The maximum atomic E-state index is 12.0. The number of benzene rings is 1. The molecule has 1 aromatic carbocycles. The summed E-state index contributed by atoms with van der Waals surface area (Å²) in [7, 11) is 3.14. The topological polar surface area (TPSA) is 85.9 Å². The molecule has 0 saturated carbocycles. The van der Waals surface area contributed by atoms with Gasteiger partial charge in [0, 0.05) is 0 Å². The molecule has 6 heteroatoms. The molecule has 1 aliphatic heterocycles. The van der Waals surface area contributed by atoms with E-state index in [4.69, 9.17) is 15.2 Å². The Labute approximate surface area is 123 Å². The van der Waals surface area contributed by atoms with E-state index < -0.39 is 0 Å². The number of hydrogen-bond donors (Lipinski definition) is 2. The lowest BCUT2D eigenvalue weighted by molar-refractivity contribution is -0.111. The molecule has 0 fully saturated rings. The maximum Gasteiger partial charge on any atom is 0.203 e. The molecule has 0 unspecified atom stereocenters. The molecule has 0 saturated heterocycles. The molecule has 0 aliphatic carbocycles. The fourth-order valence-corrected chi connectivity index (χ4v) is 1.79. The van der Waals surface area contributed by atoms with E-state index >= 15 is 0 Å². The molecule has 2 rings (SSSR count). The Kier molecular flexibility index (Phi) is 4.61. The predicted molar refractivity (Wildman–Crippen MR) is 81.3 cm³/mol. The molecular weight excluding hydrogens is 270 g/mol. The van der Waals surface area contributed by atoms with E-state index in [1.165, 1.54) is 12.3 Å². The van der Waals surface area contributed by atoms with Gasteiger partial charge in [0.2, 0.25) is 5.78 Å². The first kappa shape index (κ1) is 14.6. The SMILES string of the molecule is COc1ccc(/C=C/C(=O)C2=CN=C(N)CN2)cc1OC. The summed E-state index contributed by atoms with van der Waals surface area (Å²) in [6, 6.07) is 5.41. The highest BCUT2D eigenvalue weighted by atomic mass is 16.5. The molecule has 0 bridgehead atoms. The van der Waals surface area contributed by atoms with Gasteiger partial charge in [-0.25, -0.2) is 4.99 Å².